The summed E-state index contributed by atoms with van der Waals surface area (Å²) in [5.41, 5.74) is 8.65. The lowest BCUT2D eigenvalue weighted by Gasteiger charge is -2.38. The van der Waals surface area contributed by atoms with E-state index in [-0.39, 0.29) is 6.04 Å². The summed E-state index contributed by atoms with van der Waals surface area (Å²) in [5, 5.41) is 8.62. The molecule has 12 rings (SSSR count). The Morgan fingerprint density at radius 3 is 1.96 bits per heavy atom. The number of nitrogens with zero attached hydrogens (tertiary/aromatic N) is 2. The minimum absolute atomic E-state index is 0.0773. The van der Waals surface area contributed by atoms with Crippen LogP contribution in [0, 0.1) is 0 Å². The van der Waals surface area contributed by atoms with Crippen molar-refractivity contribution < 1.29 is 4.42 Å². The quantitative estimate of drug-likeness (QED) is 0.168. The summed E-state index contributed by atoms with van der Waals surface area (Å²) in [6.07, 6.45) is 5.60. The van der Waals surface area contributed by atoms with Crippen LogP contribution in [0.2, 0.25) is 0 Å². The van der Waals surface area contributed by atoms with Crippen molar-refractivity contribution in [2.75, 3.05) is 9.80 Å². The van der Waals surface area contributed by atoms with E-state index in [1.807, 2.05) is 28.7 Å². The second kappa shape index (κ2) is 13.0. The van der Waals surface area contributed by atoms with Gasteiger partial charge in [0.25, 0.3) is 0 Å². The lowest BCUT2D eigenvalue weighted by molar-refractivity contribution is 0.669. The van der Waals surface area contributed by atoms with Crippen molar-refractivity contribution in [1.29, 1.82) is 0 Å². The van der Waals surface area contributed by atoms with Gasteiger partial charge in [-0.15, -0.1) is 22.7 Å². The van der Waals surface area contributed by atoms with Crippen molar-refractivity contribution in [3.63, 3.8) is 0 Å². The Balaban J connectivity index is 1.18. The van der Waals surface area contributed by atoms with Crippen molar-refractivity contribution >= 4 is 120 Å². The highest BCUT2D eigenvalue weighted by atomic mass is 32.1. The number of fused-ring (bicyclic) bond motifs is 10. The molecule has 0 saturated carbocycles. The van der Waals surface area contributed by atoms with Crippen LogP contribution in [0.1, 0.15) is 22.9 Å². The van der Waals surface area contributed by atoms with Gasteiger partial charge in [0.15, 0.2) is 0 Å². The highest BCUT2D eigenvalue weighted by molar-refractivity contribution is 7.26. The minimum atomic E-state index is 0.0773. The van der Waals surface area contributed by atoms with E-state index in [0.29, 0.717) is 0 Å². The van der Waals surface area contributed by atoms with Crippen molar-refractivity contribution in [2.24, 2.45) is 0 Å². The predicted octanol–water partition coefficient (Wildman–Crippen LogP) is 16.1. The maximum absolute atomic E-state index is 6.54. The largest absolute Gasteiger partial charge is 0.456 e. The number of hydrogen-bond donors (Lipinski definition) is 0. The number of para-hydroxylation sites is 3. The molecule has 11 aromatic rings. The first-order chi connectivity index (χ1) is 28.2. The molecule has 0 saturated heterocycles. The van der Waals surface area contributed by atoms with E-state index in [2.05, 4.69) is 192 Å². The third kappa shape index (κ3) is 5.23. The molecule has 0 amide bonds. The first-order valence-corrected chi connectivity index (χ1v) is 21.1. The summed E-state index contributed by atoms with van der Waals surface area (Å²) in [5.74, 6) is 0. The van der Waals surface area contributed by atoms with Gasteiger partial charge in [-0.25, -0.2) is 0 Å². The standard InChI is InChI=1S/C52H34N2OS2/c1-3-16-35(17-4-1)53(37-26-27-39-38-20-9-11-24-47(38)55-48(39)30-37)45-31-43-42-28-33-14-7-8-15-34(33)29-50(42)56-51(43)32-46(45)54(36-18-5-2-6-19-36)44-23-13-22-41-40-21-10-12-25-49(40)57-52(41)44/h1-22,24-32,44H,23H2. The van der Waals surface area contributed by atoms with Crippen LogP contribution in [-0.2, 0) is 0 Å². The monoisotopic (exact) mass is 766 g/mol. The summed E-state index contributed by atoms with van der Waals surface area (Å²) in [7, 11) is 0. The van der Waals surface area contributed by atoms with Gasteiger partial charge in [0.05, 0.1) is 17.4 Å². The summed E-state index contributed by atoms with van der Waals surface area (Å²) in [6.45, 7) is 0. The fraction of sp³-hybridized carbons (Fsp3) is 0.0385. The van der Waals surface area contributed by atoms with Crippen molar-refractivity contribution in [3.05, 3.63) is 192 Å². The smallest absolute Gasteiger partial charge is 0.137 e. The van der Waals surface area contributed by atoms with E-state index in [9.17, 15) is 0 Å². The zero-order valence-corrected chi connectivity index (χ0v) is 32.4. The minimum Gasteiger partial charge on any atom is -0.456 e. The fourth-order valence-corrected chi connectivity index (χ4v) is 11.4. The number of rotatable bonds is 6. The second-order valence-corrected chi connectivity index (χ2v) is 17.0. The van der Waals surface area contributed by atoms with Crippen LogP contribution >= 0.6 is 22.7 Å². The zero-order chi connectivity index (χ0) is 37.5. The Hall–Kier alpha value is -6.66. The van der Waals surface area contributed by atoms with E-state index in [4.69, 9.17) is 4.42 Å². The van der Waals surface area contributed by atoms with E-state index in [1.165, 1.54) is 51.5 Å². The molecular weight excluding hydrogens is 733 g/mol. The van der Waals surface area contributed by atoms with Crippen LogP contribution < -0.4 is 9.80 Å². The first-order valence-electron chi connectivity index (χ1n) is 19.4. The van der Waals surface area contributed by atoms with Crippen LogP contribution in [-0.4, -0.2) is 0 Å². The highest BCUT2D eigenvalue weighted by Crippen LogP contribution is 2.53. The van der Waals surface area contributed by atoms with Crippen molar-refractivity contribution in [1.82, 2.24) is 0 Å². The normalized spacial score (nSPS) is 14.0. The molecule has 57 heavy (non-hydrogen) atoms. The molecule has 0 spiro atoms. The van der Waals surface area contributed by atoms with Gasteiger partial charge in [-0.2, -0.15) is 0 Å². The molecule has 0 fully saturated rings. The summed E-state index contributed by atoms with van der Waals surface area (Å²) >= 11 is 3.81. The molecule has 0 radical (unpaired) electrons. The molecule has 0 aliphatic heterocycles. The number of hydrogen-bond acceptors (Lipinski definition) is 5. The molecule has 3 nitrogen and oxygen atoms in total. The first kappa shape index (κ1) is 32.6. The molecule has 3 heterocycles. The molecule has 1 unspecified atom stereocenters. The van der Waals surface area contributed by atoms with Crippen LogP contribution in [0.3, 0.4) is 0 Å². The Morgan fingerprint density at radius 2 is 1.12 bits per heavy atom. The number of furan rings is 1. The highest BCUT2D eigenvalue weighted by Gasteiger charge is 2.32. The van der Waals surface area contributed by atoms with Crippen molar-refractivity contribution in [3.8, 4) is 0 Å². The molecule has 8 aromatic carbocycles. The van der Waals surface area contributed by atoms with Crippen LogP contribution in [0.4, 0.5) is 28.4 Å². The summed E-state index contributed by atoms with van der Waals surface area (Å²) in [6, 6.07) is 64.1. The van der Waals surface area contributed by atoms with Gasteiger partial charge in [0.1, 0.15) is 11.2 Å². The van der Waals surface area contributed by atoms with Gasteiger partial charge in [-0.1, -0.05) is 109 Å². The lowest BCUT2D eigenvalue weighted by atomic mass is 9.95. The molecule has 0 N–H and O–H groups in total. The van der Waals surface area contributed by atoms with E-state index in [0.717, 1.165) is 56.8 Å². The van der Waals surface area contributed by atoms with E-state index >= 15 is 0 Å². The number of benzene rings is 8. The van der Waals surface area contributed by atoms with Gasteiger partial charge in [0, 0.05) is 69.0 Å². The third-order valence-corrected chi connectivity index (χ3v) is 13.9. The zero-order valence-electron chi connectivity index (χ0n) is 30.8. The molecule has 1 aliphatic carbocycles. The maximum Gasteiger partial charge on any atom is 0.137 e. The van der Waals surface area contributed by atoms with Gasteiger partial charge in [0.2, 0.25) is 0 Å². The van der Waals surface area contributed by atoms with Crippen LogP contribution in [0.25, 0.3) is 69.0 Å². The van der Waals surface area contributed by atoms with Crippen LogP contribution in [0.15, 0.2) is 186 Å². The summed E-state index contributed by atoms with van der Waals surface area (Å²) < 4.78 is 10.4. The van der Waals surface area contributed by atoms with Crippen LogP contribution in [0.5, 0.6) is 0 Å². The van der Waals surface area contributed by atoms with Gasteiger partial charge >= 0.3 is 0 Å². The van der Waals surface area contributed by atoms with Gasteiger partial charge < -0.3 is 14.2 Å². The second-order valence-electron chi connectivity index (χ2n) is 14.8. The fourth-order valence-electron chi connectivity index (χ4n) is 8.94. The Bertz CT molecular complexity index is 3360. The average molecular weight is 767 g/mol. The van der Waals surface area contributed by atoms with E-state index in [1.54, 1.807) is 0 Å². The molecule has 1 atom stereocenters. The molecular formula is C52H34N2OS2. The number of thiophene rings is 2. The molecule has 270 valence electrons. The maximum atomic E-state index is 6.54. The molecule has 0 bridgehead atoms. The molecule has 3 aromatic heterocycles. The Kier molecular flexibility index (Phi) is 7.40. The predicted molar refractivity (Wildman–Crippen MR) is 246 cm³/mol. The SMILES string of the molecule is C1=Cc2c(sc3ccccc23)C(N(c2ccccc2)c2cc3sc4cc5ccccc5cc4c3cc2N(c2ccccc2)c2ccc3c(c2)oc2ccccc23)C1. The Morgan fingerprint density at radius 1 is 0.456 bits per heavy atom. The average Bonchev–Trinajstić information content (AvgIpc) is 3.95. The third-order valence-electron chi connectivity index (χ3n) is 11.5. The van der Waals surface area contributed by atoms with Gasteiger partial charge in [-0.05, 0) is 95.6 Å². The lowest BCUT2D eigenvalue weighted by Crippen LogP contribution is -2.26. The molecule has 1 aliphatic rings. The summed E-state index contributed by atoms with van der Waals surface area (Å²) in [4.78, 5) is 6.45. The topological polar surface area (TPSA) is 19.6 Å². The van der Waals surface area contributed by atoms with Gasteiger partial charge in [-0.3, -0.25) is 0 Å². The van der Waals surface area contributed by atoms with E-state index < -0.39 is 0 Å². The van der Waals surface area contributed by atoms with Crippen molar-refractivity contribution in [2.45, 2.75) is 12.5 Å². The number of anilines is 5. The Labute approximate surface area is 337 Å². The molecule has 5 heteroatoms.